The van der Waals surface area contributed by atoms with Crippen LogP contribution in [0, 0.1) is 5.82 Å². The lowest BCUT2D eigenvalue weighted by molar-refractivity contribution is -0.141. The molecule has 3 heterocycles. The molecule has 0 fully saturated rings. The number of rotatable bonds is 8. The van der Waals surface area contributed by atoms with Crippen molar-refractivity contribution in [3.8, 4) is 17.5 Å². The van der Waals surface area contributed by atoms with Crippen LogP contribution in [0.15, 0.2) is 65.8 Å². The Morgan fingerprint density at radius 1 is 1.00 bits per heavy atom. The summed E-state index contributed by atoms with van der Waals surface area (Å²) in [6, 6.07) is 9.89. The molecule has 0 saturated carbocycles. The van der Waals surface area contributed by atoms with Gasteiger partial charge in [-0.3, -0.25) is 9.25 Å². The van der Waals surface area contributed by atoms with E-state index in [4.69, 9.17) is 9.47 Å². The summed E-state index contributed by atoms with van der Waals surface area (Å²) in [6.07, 6.45) is 0.110. The first kappa shape index (κ1) is 23.9. The van der Waals surface area contributed by atoms with Crippen molar-refractivity contribution in [2.45, 2.75) is 19.1 Å². The van der Waals surface area contributed by atoms with Crippen molar-refractivity contribution in [2.24, 2.45) is 7.05 Å². The van der Waals surface area contributed by atoms with E-state index in [1.54, 1.807) is 48.4 Å². The number of halogens is 4. The molecule has 0 radical (unpaired) electrons. The third-order valence-electron chi connectivity index (χ3n) is 4.82. The molecule has 0 aliphatic carbocycles. The molecule has 8 nitrogen and oxygen atoms in total. The first-order chi connectivity index (χ1) is 16.7. The number of ether oxygens (including phenoxy) is 2. The average molecular weight is 489 g/mol. The minimum absolute atomic E-state index is 0.0470. The lowest BCUT2D eigenvalue weighted by Crippen LogP contribution is -2.24. The molecule has 3 aromatic heterocycles. The zero-order chi connectivity index (χ0) is 25.0. The summed E-state index contributed by atoms with van der Waals surface area (Å²) in [5.41, 5.74) is -0.190. The maximum atomic E-state index is 14.4. The van der Waals surface area contributed by atoms with Crippen molar-refractivity contribution in [1.82, 2.24) is 24.3 Å². The second-order valence-corrected chi connectivity index (χ2v) is 7.53. The molecule has 0 bridgehead atoms. The lowest BCUT2D eigenvalue weighted by Gasteiger charge is -2.10. The summed E-state index contributed by atoms with van der Waals surface area (Å²) < 4.78 is 66.1. The van der Waals surface area contributed by atoms with E-state index >= 15 is 0 Å². The van der Waals surface area contributed by atoms with Gasteiger partial charge >= 0.3 is 11.9 Å². The minimum atomic E-state index is -4.57. The van der Waals surface area contributed by atoms with E-state index in [2.05, 4.69) is 15.1 Å². The SMILES string of the molecule is Cn1cc(Cn2cc(F)c(OCCc3ccc(Oc4cccc(C(F)(F)F)n4)cc3)nc2=O)cn1. The topological polar surface area (TPSA) is 84.1 Å². The van der Waals surface area contributed by atoms with Crippen LogP contribution in [0.2, 0.25) is 0 Å². The summed E-state index contributed by atoms with van der Waals surface area (Å²) in [6.45, 7) is 0.173. The Balaban J connectivity index is 1.32. The zero-order valence-electron chi connectivity index (χ0n) is 18.4. The first-order valence-corrected chi connectivity index (χ1v) is 10.4. The fourth-order valence-corrected chi connectivity index (χ4v) is 3.16. The third kappa shape index (κ3) is 6.22. The third-order valence-corrected chi connectivity index (χ3v) is 4.82. The molecule has 182 valence electrons. The van der Waals surface area contributed by atoms with Crippen LogP contribution in [-0.2, 0) is 26.2 Å². The van der Waals surface area contributed by atoms with Crippen molar-refractivity contribution in [1.29, 1.82) is 0 Å². The van der Waals surface area contributed by atoms with Gasteiger partial charge in [0.1, 0.15) is 11.4 Å². The van der Waals surface area contributed by atoms with Crippen LogP contribution in [0.1, 0.15) is 16.8 Å². The molecular weight excluding hydrogens is 470 g/mol. The summed E-state index contributed by atoms with van der Waals surface area (Å²) >= 11 is 0. The second kappa shape index (κ2) is 9.95. The lowest BCUT2D eigenvalue weighted by atomic mass is 10.1. The van der Waals surface area contributed by atoms with Crippen LogP contribution in [-0.4, -0.2) is 30.9 Å². The van der Waals surface area contributed by atoms with Gasteiger partial charge in [0.25, 0.3) is 5.88 Å². The van der Waals surface area contributed by atoms with E-state index in [-0.39, 0.29) is 19.0 Å². The molecule has 0 N–H and O–H groups in total. The Morgan fingerprint density at radius 2 is 1.77 bits per heavy atom. The van der Waals surface area contributed by atoms with Gasteiger partial charge in [-0.05, 0) is 23.8 Å². The normalized spacial score (nSPS) is 11.5. The minimum Gasteiger partial charge on any atom is -0.475 e. The fourth-order valence-electron chi connectivity index (χ4n) is 3.16. The molecule has 12 heteroatoms. The molecule has 35 heavy (non-hydrogen) atoms. The molecule has 0 aliphatic rings. The van der Waals surface area contributed by atoms with E-state index in [1.807, 2.05) is 0 Å². The maximum Gasteiger partial charge on any atom is 0.433 e. The van der Waals surface area contributed by atoms with Gasteiger partial charge in [0.05, 0.1) is 25.5 Å². The van der Waals surface area contributed by atoms with Crippen molar-refractivity contribution in [3.63, 3.8) is 0 Å². The van der Waals surface area contributed by atoms with Crippen molar-refractivity contribution >= 4 is 0 Å². The molecular formula is C23H19F4N5O3. The number of aryl methyl sites for hydroxylation is 1. The monoisotopic (exact) mass is 489 g/mol. The number of hydrogen-bond donors (Lipinski definition) is 0. The van der Waals surface area contributed by atoms with E-state index in [0.717, 1.165) is 28.0 Å². The highest BCUT2D eigenvalue weighted by atomic mass is 19.4. The van der Waals surface area contributed by atoms with Gasteiger partial charge < -0.3 is 9.47 Å². The Labute approximate surface area is 196 Å². The number of nitrogens with zero attached hydrogens (tertiary/aromatic N) is 5. The highest BCUT2D eigenvalue weighted by Gasteiger charge is 2.32. The van der Waals surface area contributed by atoms with Gasteiger partial charge in [0.15, 0.2) is 0 Å². The van der Waals surface area contributed by atoms with Crippen LogP contribution in [0.25, 0.3) is 0 Å². The molecule has 4 rings (SSSR count). The molecule has 0 spiro atoms. The highest BCUT2D eigenvalue weighted by Crippen LogP contribution is 2.29. The van der Waals surface area contributed by atoms with Gasteiger partial charge in [-0.15, -0.1) is 0 Å². The molecule has 0 unspecified atom stereocenters. The van der Waals surface area contributed by atoms with E-state index in [1.165, 1.54) is 12.1 Å². The van der Waals surface area contributed by atoms with Crippen LogP contribution >= 0.6 is 0 Å². The summed E-state index contributed by atoms with van der Waals surface area (Å²) in [5.74, 6) is -1.05. The molecule has 1 aromatic carbocycles. The van der Waals surface area contributed by atoms with Crippen molar-refractivity contribution in [3.05, 3.63) is 94.2 Å². The number of benzene rings is 1. The van der Waals surface area contributed by atoms with Crippen LogP contribution < -0.4 is 15.2 Å². The number of aromatic nitrogens is 5. The second-order valence-electron chi connectivity index (χ2n) is 7.53. The predicted octanol–water partition coefficient (Wildman–Crippen LogP) is 3.99. The predicted molar refractivity (Wildman–Crippen MR) is 116 cm³/mol. The molecule has 0 aliphatic heterocycles. The van der Waals surface area contributed by atoms with Gasteiger partial charge in [0.2, 0.25) is 11.7 Å². The quantitative estimate of drug-likeness (QED) is 0.348. The highest BCUT2D eigenvalue weighted by molar-refractivity contribution is 5.31. The van der Waals surface area contributed by atoms with Crippen LogP contribution in [0.3, 0.4) is 0 Å². The maximum absolute atomic E-state index is 14.4. The van der Waals surface area contributed by atoms with E-state index in [0.29, 0.717) is 12.2 Å². The summed E-state index contributed by atoms with van der Waals surface area (Å²) in [7, 11) is 1.73. The van der Waals surface area contributed by atoms with Crippen molar-refractivity contribution < 1.29 is 27.0 Å². The number of hydrogen-bond acceptors (Lipinski definition) is 6. The van der Waals surface area contributed by atoms with Gasteiger partial charge in [0, 0.05) is 31.3 Å². The van der Waals surface area contributed by atoms with Crippen LogP contribution in [0.4, 0.5) is 17.6 Å². The molecule has 0 atom stereocenters. The van der Waals surface area contributed by atoms with Gasteiger partial charge in [-0.2, -0.15) is 27.6 Å². The number of alkyl halides is 3. The fraction of sp³-hybridized carbons (Fsp3) is 0.217. The summed E-state index contributed by atoms with van der Waals surface area (Å²) in [5, 5.41) is 4.00. The molecule has 0 saturated heterocycles. The van der Waals surface area contributed by atoms with Crippen LogP contribution in [0.5, 0.6) is 17.5 Å². The standard InChI is InChI=1S/C23H19F4N5O3/c1-31-12-16(11-28-31)13-32-14-18(24)21(30-22(32)33)34-10-9-15-5-7-17(8-6-15)35-20-4-2-3-19(29-20)23(25,26)27/h2-8,11-12,14H,9-10,13H2,1H3. The zero-order valence-corrected chi connectivity index (χ0v) is 18.4. The smallest absolute Gasteiger partial charge is 0.433 e. The number of pyridine rings is 1. The van der Waals surface area contributed by atoms with Gasteiger partial charge in [-0.25, -0.2) is 9.78 Å². The summed E-state index contributed by atoms with van der Waals surface area (Å²) in [4.78, 5) is 19.3. The van der Waals surface area contributed by atoms with E-state index in [9.17, 15) is 22.4 Å². The average Bonchev–Trinajstić information content (AvgIpc) is 3.22. The molecule has 4 aromatic rings. The van der Waals surface area contributed by atoms with E-state index < -0.39 is 29.3 Å². The Kier molecular flexibility index (Phi) is 6.80. The molecule has 0 amide bonds. The van der Waals surface area contributed by atoms with Gasteiger partial charge in [-0.1, -0.05) is 18.2 Å². The Hall–Kier alpha value is -4.22. The van der Waals surface area contributed by atoms with Crippen molar-refractivity contribution in [2.75, 3.05) is 6.61 Å². The first-order valence-electron chi connectivity index (χ1n) is 10.4. The Bertz CT molecular complexity index is 1370. The largest absolute Gasteiger partial charge is 0.475 e. The Morgan fingerprint density at radius 3 is 2.46 bits per heavy atom.